The van der Waals surface area contributed by atoms with Crippen LogP contribution in [0, 0.1) is 0 Å². The molecule has 0 atom stereocenters. The van der Waals surface area contributed by atoms with Crippen LogP contribution in [0.3, 0.4) is 0 Å². The second kappa shape index (κ2) is 13.9. The second-order valence-corrected chi connectivity index (χ2v) is 6.77. The Labute approximate surface area is 188 Å². The molecule has 5 heteroatoms. The first-order valence-corrected chi connectivity index (χ1v) is 9.75. The van der Waals surface area contributed by atoms with E-state index in [2.05, 4.69) is 46.1 Å². The molecule has 0 aromatic carbocycles. The zero-order chi connectivity index (χ0) is 25.0. The number of halogens is 4. The molecule has 0 heterocycles. The third-order valence-corrected chi connectivity index (χ3v) is 4.28. The Bertz CT molecular complexity index is 952. The van der Waals surface area contributed by atoms with Gasteiger partial charge in [-0.1, -0.05) is 83.7 Å². The van der Waals surface area contributed by atoms with Crippen LogP contribution in [0.1, 0.15) is 26.7 Å². The topological polar surface area (TPSA) is 9.23 Å². The van der Waals surface area contributed by atoms with Gasteiger partial charge >= 0.3 is 0 Å². The molecule has 32 heavy (non-hydrogen) atoms. The normalized spacial score (nSPS) is 13.1. The van der Waals surface area contributed by atoms with Gasteiger partial charge in [0.1, 0.15) is 6.61 Å². The van der Waals surface area contributed by atoms with E-state index >= 15 is 0 Å². The van der Waals surface area contributed by atoms with Gasteiger partial charge < -0.3 is 4.74 Å². The molecule has 0 spiro atoms. The van der Waals surface area contributed by atoms with E-state index in [4.69, 9.17) is 4.74 Å². The van der Waals surface area contributed by atoms with Crippen LogP contribution in [-0.4, -0.2) is 6.61 Å². The standard InChI is InChI=1S/C27H30F4O/c1-10-12-13-17(3)20(6)24(28)25(29)21(7)18(4)14-15-19(5)22(8)26(30)27(31)23(9)32-16-11-2/h11,13-15H,2,4-10,12,16H2,1,3H3/b15-14-,17-13+,25-24-,27-26-. The van der Waals surface area contributed by atoms with Crippen molar-refractivity contribution < 1.29 is 22.3 Å². The van der Waals surface area contributed by atoms with Crippen LogP contribution in [0.25, 0.3) is 0 Å². The number of hydrogen-bond acceptors (Lipinski definition) is 1. The third-order valence-electron chi connectivity index (χ3n) is 4.28. The number of allylic oxidation sites excluding steroid dienone is 13. The van der Waals surface area contributed by atoms with E-state index in [9.17, 15) is 17.6 Å². The highest BCUT2D eigenvalue weighted by Crippen LogP contribution is 2.31. The molecule has 0 unspecified atom stereocenters. The first-order valence-electron chi connectivity index (χ1n) is 9.75. The molecule has 0 aromatic rings. The lowest BCUT2D eigenvalue weighted by Crippen LogP contribution is -1.96. The highest BCUT2D eigenvalue weighted by atomic mass is 19.2. The molecule has 0 fully saturated rings. The summed E-state index contributed by atoms with van der Waals surface area (Å²) in [5.41, 5.74) is -0.314. The molecule has 0 radical (unpaired) electrons. The van der Waals surface area contributed by atoms with Gasteiger partial charge in [0.2, 0.25) is 5.83 Å². The lowest BCUT2D eigenvalue weighted by atomic mass is 10.0. The van der Waals surface area contributed by atoms with E-state index < -0.39 is 29.1 Å². The zero-order valence-electron chi connectivity index (χ0n) is 18.8. The fraction of sp³-hybridized carbons (Fsp3) is 0.185. The molecular weight excluding hydrogens is 416 g/mol. The summed E-state index contributed by atoms with van der Waals surface area (Å²) < 4.78 is 62.1. The first kappa shape index (κ1) is 28.7. The van der Waals surface area contributed by atoms with Crippen LogP contribution >= 0.6 is 0 Å². The van der Waals surface area contributed by atoms with Crippen molar-refractivity contribution in [2.24, 2.45) is 0 Å². The summed E-state index contributed by atoms with van der Waals surface area (Å²) in [5.74, 6) is -5.54. The van der Waals surface area contributed by atoms with Gasteiger partial charge in [-0.3, -0.25) is 0 Å². The summed E-state index contributed by atoms with van der Waals surface area (Å²) in [5, 5.41) is 0. The number of unbranched alkanes of at least 4 members (excludes halogenated alkanes) is 1. The Morgan fingerprint density at radius 2 is 1.19 bits per heavy atom. The predicted molar refractivity (Wildman–Crippen MR) is 127 cm³/mol. The number of ether oxygens (including phenoxy) is 1. The van der Waals surface area contributed by atoms with Gasteiger partial charge in [-0.25, -0.2) is 13.2 Å². The molecule has 0 amide bonds. The Kier molecular flexibility index (Phi) is 12.4. The lowest BCUT2D eigenvalue weighted by Gasteiger charge is -2.10. The van der Waals surface area contributed by atoms with Gasteiger partial charge in [0.25, 0.3) is 0 Å². The smallest absolute Gasteiger partial charge is 0.200 e. The van der Waals surface area contributed by atoms with Gasteiger partial charge in [-0.05, 0) is 30.1 Å². The quantitative estimate of drug-likeness (QED) is 0.112. The highest BCUT2D eigenvalue weighted by Gasteiger charge is 2.17. The zero-order valence-corrected chi connectivity index (χ0v) is 18.8. The van der Waals surface area contributed by atoms with E-state index in [0.717, 1.165) is 6.42 Å². The molecule has 0 aliphatic rings. The SMILES string of the molecule is C=CCOC(=C)/C(F)=C(/F)C(=C)C(=C)/C=C\C(=C)C(=C)/C(F)=C(/F)C(=C)/C(C)=C/CCC. The van der Waals surface area contributed by atoms with Gasteiger partial charge in [-0.2, -0.15) is 4.39 Å². The molecule has 0 saturated heterocycles. The van der Waals surface area contributed by atoms with Crippen molar-refractivity contribution >= 4 is 0 Å². The third kappa shape index (κ3) is 8.42. The van der Waals surface area contributed by atoms with Gasteiger partial charge in [0.15, 0.2) is 23.2 Å². The van der Waals surface area contributed by atoms with Gasteiger partial charge in [0, 0.05) is 16.7 Å². The van der Waals surface area contributed by atoms with Crippen molar-refractivity contribution in [2.75, 3.05) is 6.61 Å². The monoisotopic (exact) mass is 446 g/mol. The lowest BCUT2D eigenvalue weighted by molar-refractivity contribution is 0.241. The predicted octanol–water partition coefficient (Wildman–Crippen LogP) is 9.09. The average molecular weight is 447 g/mol. The summed E-state index contributed by atoms with van der Waals surface area (Å²) in [7, 11) is 0. The van der Waals surface area contributed by atoms with Crippen molar-refractivity contribution in [2.45, 2.75) is 26.7 Å². The van der Waals surface area contributed by atoms with E-state index in [1.165, 1.54) is 18.2 Å². The molecule has 1 nitrogen and oxygen atoms in total. The van der Waals surface area contributed by atoms with Crippen molar-refractivity contribution in [1.29, 1.82) is 0 Å². The van der Waals surface area contributed by atoms with Gasteiger partial charge in [-0.15, -0.1) is 0 Å². The van der Waals surface area contributed by atoms with Crippen LogP contribution in [-0.2, 0) is 4.74 Å². The molecule has 0 rings (SSSR count). The maximum absolute atomic E-state index is 14.5. The molecule has 0 aromatic heterocycles. The van der Waals surface area contributed by atoms with Gasteiger partial charge in [0.05, 0.1) is 0 Å². The number of rotatable bonds is 14. The Balaban J connectivity index is 5.44. The Morgan fingerprint density at radius 1 is 0.750 bits per heavy atom. The summed E-state index contributed by atoms with van der Waals surface area (Å²) >= 11 is 0. The molecule has 0 aliphatic carbocycles. The van der Waals surface area contributed by atoms with Crippen molar-refractivity contribution in [3.8, 4) is 0 Å². The summed E-state index contributed by atoms with van der Waals surface area (Å²) in [4.78, 5) is 0. The maximum Gasteiger partial charge on any atom is 0.200 e. The minimum atomic E-state index is -1.34. The van der Waals surface area contributed by atoms with E-state index in [1.807, 2.05) is 6.92 Å². The minimum Gasteiger partial charge on any atom is -0.487 e. The first-order chi connectivity index (χ1) is 14.9. The van der Waals surface area contributed by atoms with Crippen LogP contribution in [0.15, 0.2) is 133 Å². The van der Waals surface area contributed by atoms with Crippen LogP contribution in [0.2, 0.25) is 0 Å². The van der Waals surface area contributed by atoms with Crippen molar-refractivity contribution in [3.63, 3.8) is 0 Å². The maximum atomic E-state index is 14.5. The van der Waals surface area contributed by atoms with Crippen LogP contribution in [0.5, 0.6) is 0 Å². The largest absolute Gasteiger partial charge is 0.487 e. The molecule has 0 N–H and O–H groups in total. The Hall–Kier alpha value is -3.34. The fourth-order valence-electron chi connectivity index (χ4n) is 2.08. The second-order valence-electron chi connectivity index (χ2n) is 6.77. The molecule has 0 bridgehead atoms. The average Bonchev–Trinajstić information content (AvgIpc) is 2.80. The Morgan fingerprint density at radius 3 is 1.62 bits per heavy atom. The minimum absolute atomic E-state index is 0.00169. The van der Waals surface area contributed by atoms with Crippen LogP contribution < -0.4 is 0 Å². The molecule has 172 valence electrons. The number of hydrogen-bond donors (Lipinski definition) is 0. The summed E-state index contributed by atoms with van der Waals surface area (Å²) in [6.07, 6.45) is 7.14. The summed E-state index contributed by atoms with van der Waals surface area (Å²) in [6.45, 7) is 27.9. The van der Waals surface area contributed by atoms with E-state index in [-0.39, 0.29) is 34.5 Å². The fourth-order valence-corrected chi connectivity index (χ4v) is 2.08. The van der Waals surface area contributed by atoms with Crippen molar-refractivity contribution in [1.82, 2.24) is 0 Å². The molecule has 0 aliphatic heterocycles. The van der Waals surface area contributed by atoms with Crippen molar-refractivity contribution in [3.05, 3.63) is 133 Å². The molecule has 0 saturated carbocycles. The van der Waals surface area contributed by atoms with Crippen LogP contribution in [0.4, 0.5) is 17.6 Å². The highest BCUT2D eigenvalue weighted by molar-refractivity contribution is 5.55. The molecular formula is C27H30F4O. The summed E-state index contributed by atoms with van der Waals surface area (Å²) in [6, 6.07) is 0. The van der Waals surface area contributed by atoms with E-state index in [1.54, 1.807) is 13.0 Å². The van der Waals surface area contributed by atoms with E-state index in [0.29, 0.717) is 12.0 Å².